The molecule has 2 N–H and O–H groups in total. The molecule has 2 aromatic heterocycles. The first kappa shape index (κ1) is 15.6. The fourth-order valence-corrected chi connectivity index (χ4v) is 3.08. The molecule has 2 heterocycles. The molecule has 0 saturated carbocycles. The predicted molar refractivity (Wildman–Crippen MR) is 83.8 cm³/mol. The topological polar surface area (TPSA) is 84.3 Å². The lowest BCUT2D eigenvalue weighted by atomic mass is 9.84. The van der Waals surface area contributed by atoms with Crippen LogP contribution in [-0.4, -0.2) is 36.9 Å². The quantitative estimate of drug-likeness (QED) is 0.652. The molecule has 0 bridgehead atoms. The summed E-state index contributed by atoms with van der Waals surface area (Å²) < 4.78 is 10.6. The van der Waals surface area contributed by atoms with Crippen LogP contribution in [0.1, 0.15) is 50.2 Å². The van der Waals surface area contributed by atoms with E-state index in [2.05, 4.69) is 10.3 Å². The van der Waals surface area contributed by atoms with Gasteiger partial charge in [-0.2, -0.15) is 0 Å². The largest absolute Gasteiger partial charge is 0.469 e. The minimum absolute atomic E-state index is 0.0104. The predicted octanol–water partition coefficient (Wildman–Crippen LogP) is 2.21. The van der Waals surface area contributed by atoms with Gasteiger partial charge in [-0.05, 0) is 38.1 Å². The number of hydrogen-bond donors (Lipinski definition) is 2. The molecular weight excluding hydrogens is 296 g/mol. The highest BCUT2D eigenvalue weighted by atomic mass is 16.5. The minimum atomic E-state index is -0.422. The Labute approximate surface area is 134 Å². The highest BCUT2D eigenvalue weighted by Gasteiger charge is 2.33. The maximum Gasteiger partial charge on any atom is 0.355 e. The molecule has 1 aliphatic rings. The number of aromatic amines is 1. The number of fused-ring (bicyclic) bond motifs is 1. The van der Waals surface area contributed by atoms with Crippen molar-refractivity contribution >= 4 is 11.8 Å². The summed E-state index contributed by atoms with van der Waals surface area (Å²) in [4.78, 5) is 27.7. The van der Waals surface area contributed by atoms with Crippen LogP contribution in [0.15, 0.2) is 22.8 Å². The van der Waals surface area contributed by atoms with Crippen molar-refractivity contribution in [1.82, 2.24) is 10.3 Å². The Morgan fingerprint density at radius 3 is 3.00 bits per heavy atom. The van der Waals surface area contributed by atoms with Gasteiger partial charge >= 0.3 is 5.97 Å². The first-order valence-corrected chi connectivity index (χ1v) is 7.71. The van der Waals surface area contributed by atoms with Crippen LogP contribution < -0.4 is 5.32 Å². The van der Waals surface area contributed by atoms with Crippen molar-refractivity contribution < 1.29 is 18.7 Å². The highest BCUT2D eigenvalue weighted by molar-refractivity contribution is 6.03. The number of ether oxygens (including phenoxy) is 1. The normalized spacial score (nSPS) is 17.1. The van der Waals surface area contributed by atoms with Crippen molar-refractivity contribution in [3.05, 3.63) is 46.7 Å². The Kier molecular flexibility index (Phi) is 4.34. The van der Waals surface area contributed by atoms with Crippen molar-refractivity contribution in [2.45, 2.75) is 25.7 Å². The number of likely N-dealkylation sites (N-methyl/N-ethyl adjacent to an activating group) is 1. The zero-order valence-electron chi connectivity index (χ0n) is 13.3. The van der Waals surface area contributed by atoms with E-state index < -0.39 is 5.97 Å². The summed E-state index contributed by atoms with van der Waals surface area (Å²) in [5.41, 5.74) is 2.48. The molecule has 0 radical (unpaired) electrons. The third kappa shape index (κ3) is 2.94. The maximum atomic E-state index is 12.5. The molecule has 0 spiro atoms. The maximum absolute atomic E-state index is 12.5. The Bertz CT molecular complexity index is 715. The number of esters is 1. The molecule has 0 aromatic carbocycles. The summed E-state index contributed by atoms with van der Waals surface area (Å²) in [5.74, 6) is 0.427. The summed E-state index contributed by atoms with van der Waals surface area (Å²) in [6.45, 7) is 2.67. The summed E-state index contributed by atoms with van der Waals surface area (Å²) in [6.07, 6.45) is 2.66. The van der Waals surface area contributed by atoms with Gasteiger partial charge in [0.15, 0.2) is 5.78 Å². The van der Waals surface area contributed by atoms with Crippen LogP contribution in [0.3, 0.4) is 0 Å². The zero-order chi connectivity index (χ0) is 16.4. The van der Waals surface area contributed by atoms with Crippen LogP contribution >= 0.6 is 0 Å². The third-order valence-electron chi connectivity index (χ3n) is 4.22. The number of aromatic nitrogens is 1. The molecule has 0 fully saturated rings. The lowest BCUT2D eigenvalue weighted by Crippen LogP contribution is -2.18. The number of carbonyl (C=O) groups excluding carboxylic acids is 2. The summed E-state index contributed by atoms with van der Waals surface area (Å²) in [5, 5.41) is 2.91. The van der Waals surface area contributed by atoms with E-state index in [4.69, 9.17) is 9.15 Å². The van der Waals surface area contributed by atoms with Gasteiger partial charge < -0.3 is 19.5 Å². The Morgan fingerprint density at radius 1 is 1.48 bits per heavy atom. The second-order valence-electron chi connectivity index (χ2n) is 5.76. The summed E-state index contributed by atoms with van der Waals surface area (Å²) in [7, 11) is 1.79. The van der Waals surface area contributed by atoms with E-state index in [-0.39, 0.29) is 11.7 Å². The average molecular weight is 316 g/mol. The number of furan rings is 1. The average Bonchev–Trinajstić information content (AvgIpc) is 3.15. The summed E-state index contributed by atoms with van der Waals surface area (Å²) >= 11 is 0. The zero-order valence-corrected chi connectivity index (χ0v) is 13.3. The SMILES string of the molecule is CNCCOC(=O)c1[nH]c2c(c1C)C(=O)CC(c1ccco1)C2. The Balaban J connectivity index is 1.84. The first-order valence-electron chi connectivity index (χ1n) is 7.71. The second kappa shape index (κ2) is 6.42. The fraction of sp³-hybridized carbons (Fsp3) is 0.412. The van der Waals surface area contributed by atoms with E-state index in [0.717, 1.165) is 11.5 Å². The molecule has 122 valence electrons. The van der Waals surface area contributed by atoms with E-state index in [1.807, 2.05) is 12.1 Å². The van der Waals surface area contributed by atoms with E-state index in [0.29, 0.717) is 42.8 Å². The van der Waals surface area contributed by atoms with E-state index in [1.165, 1.54) is 0 Å². The van der Waals surface area contributed by atoms with Gasteiger partial charge in [0, 0.05) is 30.1 Å². The minimum Gasteiger partial charge on any atom is -0.469 e. The molecular formula is C17H20N2O4. The highest BCUT2D eigenvalue weighted by Crippen LogP contribution is 2.35. The third-order valence-corrected chi connectivity index (χ3v) is 4.22. The van der Waals surface area contributed by atoms with Crippen LogP contribution in [0.2, 0.25) is 0 Å². The van der Waals surface area contributed by atoms with Gasteiger partial charge in [0.05, 0.1) is 6.26 Å². The lowest BCUT2D eigenvalue weighted by Gasteiger charge is -2.19. The number of rotatable bonds is 5. The molecule has 23 heavy (non-hydrogen) atoms. The molecule has 2 aromatic rings. The number of hydrogen-bond acceptors (Lipinski definition) is 5. The smallest absolute Gasteiger partial charge is 0.355 e. The van der Waals surface area contributed by atoms with Crippen molar-refractivity contribution in [2.24, 2.45) is 0 Å². The van der Waals surface area contributed by atoms with Crippen LogP contribution in [0.4, 0.5) is 0 Å². The van der Waals surface area contributed by atoms with Gasteiger partial charge in [0.25, 0.3) is 0 Å². The Morgan fingerprint density at radius 2 is 2.30 bits per heavy atom. The van der Waals surface area contributed by atoms with Gasteiger partial charge in [-0.25, -0.2) is 4.79 Å². The molecule has 0 saturated heterocycles. The fourth-order valence-electron chi connectivity index (χ4n) is 3.08. The molecule has 6 heteroatoms. The van der Waals surface area contributed by atoms with E-state index in [9.17, 15) is 9.59 Å². The van der Waals surface area contributed by atoms with Crippen LogP contribution in [0.25, 0.3) is 0 Å². The molecule has 6 nitrogen and oxygen atoms in total. The van der Waals surface area contributed by atoms with Crippen molar-refractivity contribution in [1.29, 1.82) is 0 Å². The molecule has 0 amide bonds. The second-order valence-corrected chi connectivity index (χ2v) is 5.76. The lowest BCUT2D eigenvalue weighted by molar-refractivity contribution is 0.0503. The molecule has 1 aliphatic carbocycles. The monoisotopic (exact) mass is 316 g/mol. The van der Waals surface area contributed by atoms with Crippen LogP contribution in [-0.2, 0) is 11.2 Å². The summed E-state index contributed by atoms with van der Waals surface area (Å²) in [6, 6.07) is 3.70. The molecule has 1 atom stereocenters. The van der Waals surface area contributed by atoms with Crippen molar-refractivity contribution in [2.75, 3.05) is 20.2 Å². The standard InChI is InChI=1S/C17H20N2O4/c1-10-15-12(19-16(10)17(21)23-7-5-18-2)8-11(9-13(15)20)14-4-3-6-22-14/h3-4,6,11,18-19H,5,7-9H2,1-2H3. The number of nitrogens with one attached hydrogen (secondary N) is 2. The number of Topliss-reactive ketones (excluding diaryl/α,β-unsaturated/α-hetero) is 1. The van der Waals surface area contributed by atoms with Crippen LogP contribution in [0.5, 0.6) is 0 Å². The van der Waals surface area contributed by atoms with Crippen molar-refractivity contribution in [3.63, 3.8) is 0 Å². The molecule has 3 rings (SSSR count). The van der Waals surface area contributed by atoms with Gasteiger partial charge in [0.2, 0.25) is 0 Å². The van der Waals surface area contributed by atoms with Gasteiger partial charge in [-0.1, -0.05) is 0 Å². The van der Waals surface area contributed by atoms with Crippen LogP contribution in [0, 0.1) is 6.92 Å². The van der Waals surface area contributed by atoms with Gasteiger partial charge in [-0.3, -0.25) is 4.79 Å². The molecule has 1 unspecified atom stereocenters. The van der Waals surface area contributed by atoms with E-state index >= 15 is 0 Å². The number of carbonyl (C=O) groups is 2. The molecule has 0 aliphatic heterocycles. The van der Waals surface area contributed by atoms with Crippen molar-refractivity contribution in [3.8, 4) is 0 Å². The first-order chi connectivity index (χ1) is 11.1. The van der Waals surface area contributed by atoms with E-state index in [1.54, 1.807) is 20.2 Å². The number of ketones is 1. The number of H-pyrrole nitrogens is 1. The van der Waals surface area contributed by atoms with Gasteiger partial charge in [-0.15, -0.1) is 0 Å². The van der Waals surface area contributed by atoms with Gasteiger partial charge in [0.1, 0.15) is 18.1 Å². The Hall–Kier alpha value is -2.34.